The molecule has 3 aromatic rings. The zero-order valence-corrected chi connectivity index (χ0v) is 18.8. The summed E-state index contributed by atoms with van der Waals surface area (Å²) in [5.74, 6) is 0.881. The van der Waals surface area contributed by atoms with Crippen LogP contribution < -0.4 is 9.64 Å². The molecule has 5 rings (SSSR count). The number of carbonyl (C=O) groups excluding carboxylic acids is 2. The standard InChI is InChI=1S/C27H25NO3S/c1-2-31-21-12-10-20(11-13-21)28-23-15-19(18-7-4-3-5-8-18)16-24(29)27(23)22(17-26(28)30)25-9-6-14-32-25/h3-14,19,22H,2,15-17H2,1H3. The minimum absolute atomic E-state index is 0.0350. The normalized spacial score (nSPS) is 21.0. The fourth-order valence-electron chi connectivity index (χ4n) is 4.89. The number of allylic oxidation sites excluding steroid dienone is 2. The number of benzene rings is 2. The Hall–Kier alpha value is -3.18. The van der Waals surface area contributed by atoms with Gasteiger partial charge >= 0.3 is 0 Å². The lowest BCUT2D eigenvalue weighted by atomic mass is 9.74. The average Bonchev–Trinajstić information content (AvgIpc) is 3.35. The number of Topliss-reactive ketones (excluding diaryl/α,β-unsaturated/α-hetero) is 1. The number of anilines is 1. The Morgan fingerprint density at radius 1 is 0.938 bits per heavy atom. The molecule has 0 fully saturated rings. The van der Waals surface area contributed by atoms with E-state index in [2.05, 4.69) is 12.1 Å². The summed E-state index contributed by atoms with van der Waals surface area (Å²) in [5.41, 5.74) is 3.60. The van der Waals surface area contributed by atoms with E-state index in [0.29, 0.717) is 25.9 Å². The highest BCUT2D eigenvalue weighted by Gasteiger charge is 2.42. The molecule has 2 aliphatic rings. The summed E-state index contributed by atoms with van der Waals surface area (Å²) in [7, 11) is 0. The molecule has 2 atom stereocenters. The van der Waals surface area contributed by atoms with Crippen LogP contribution in [0.2, 0.25) is 0 Å². The lowest BCUT2D eigenvalue weighted by Gasteiger charge is -2.40. The van der Waals surface area contributed by atoms with E-state index in [-0.39, 0.29) is 23.5 Å². The molecule has 0 bridgehead atoms. The maximum atomic E-state index is 13.5. The van der Waals surface area contributed by atoms with Gasteiger partial charge in [-0.15, -0.1) is 11.3 Å². The predicted octanol–water partition coefficient (Wildman–Crippen LogP) is 6.07. The third-order valence-electron chi connectivity index (χ3n) is 6.29. The number of nitrogens with zero attached hydrogens (tertiary/aromatic N) is 1. The van der Waals surface area contributed by atoms with Gasteiger partial charge in [0.1, 0.15) is 5.75 Å². The first-order valence-electron chi connectivity index (χ1n) is 11.1. The second-order valence-corrected chi connectivity index (χ2v) is 9.21. The van der Waals surface area contributed by atoms with Crippen LogP contribution in [0.4, 0.5) is 5.69 Å². The van der Waals surface area contributed by atoms with Crippen LogP contribution in [0.1, 0.15) is 48.5 Å². The van der Waals surface area contributed by atoms with Crippen molar-refractivity contribution >= 4 is 28.7 Å². The Morgan fingerprint density at radius 3 is 2.41 bits per heavy atom. The van der Waals surface area contributed by atoms with Crippen LogP contribution in [0.3, 0.4) is 0 Å². The Bertz CT molecular complexity index is 1150. The highest BCUT2D eigenvalue weighted by molar-refractivity contribution is 7.10. The third-order valence-corrected chi connectivity index (χ3v) is 7.28. The number of ketones is 1. The van der Waals surface area contributed by atoms with Crippen molar-refractivity contribution < 1.29 is 14.3 Å². The van der Waals surface area contributed by atoms with Gasteiger partial charge in [-0.05, 0) is 60.5 Å². The summed E-state index contributed by atoms with van der Waals surface area (Å²) < 4.78 is 5.57. The van der Waals surface area contributed by atoms with Gasteiger partial charge in [-0.3, -0.25) is 14.5 Å². The highest BCUT2D eigenvalue weighted by Crippen LogP contribution is 2.47. The van der Waals surface area contributed by atoms with Gasteiger partial charge in [-0.1, -0.05) is 36.4 Å². The number of thiophene rings is 1. The van der Waals surface area contributed by atoms with Gasteiger partial charge < -0.3 is 4.74 Å². The smallest absolute Gasteiger partial charge is 0.232 e. The van der Waals surface area contributed by atoms with Crippen molar-refractivity contribution in [2.45, 2.75) is 38.0 Å². The van der Waals surface area contributed by atoms with E-state index in [9.17, 15) is 9.59 Å². The predicted molar refractivity (Wildman–Crippen MR) is 127 cm³/mol. The first-order valence-corrected chi connectivity index (χ1v) is 11.9. The van der Waals surface area contributed by atoms with Crippen molar-refractivity contribution in [3.63, 3.8) is 0 Å². The molecule has 0 spiro atoms. The minimum atomic E-state index is -0.152. The molecule has 1 aliphatic carbocycles. The van der Waals surface area contributed by atoms with E-state index in [1.165, 1.54) is 0 Å². The number of ether oxygens (including phenoxy) is 1. The molecule has 0 saturated heterocycles. The maximum Gasteiger partial charge on any atom is 0.232 e. The molecule has 2 heterocycles. The Balaban J connectivity index is 1.60. The van der Waals surface area contributed by atoms with Gasteiger partial charge in [-0.2, -0.15) is 0 Å². The van der Waals surface area contributed by atoms with Crippen LogP contribution in [0.25, 0.3) is 0 Å². The summed E-state index contributed by atoms with van der Waals surface area (Å²) in [5, 5.41) is 2.01. The molecule has 162 valence electrons. The van der Waals surface area contributed by atoms with Crippen LogP contribution in [-0.4, -0.2) is 18.3 Å². The molecule has 1 aliphatic heterocycles. The van der Waals surface area contributed by atoms with Gasteiger partial charge in [0.15, 0.2) is 5.78 Å². The molecule has 0 radical (unpaired) electrons. The fraction of sp³-hybridized carbons (Fsp3) is 0.259. The van der Waals surface area contributed by atoms with E-state index in [1.807, 2.05) is 66.9 Å². The number of amides is 1. The van der Waals surface area contributed by atoms with Crippen LogP contribution in [-0.2, 0) is 9.59 Å². The van der Waals surface area contributed by atoms with E-state index in [4.69, 9.17) is 4.74 Å². The van der Waals surface area contributed by atoms with Gasteiger partial charge in [0.25, 0.3) is 0 Å². The zero-order valence-electron chi connectivity index (χ0n) is 18.0. The molecule has 4 nitrogen and oxygen atoms in total. The number of hydrogen-bond acceptors (Lipinski definition) is 4. The van der Waals surface area contributed by atoms with Crippen LogP contribution >= 0.6 is 11.3 Å². The molecule has 2 unspecified atom stereocenters. The molecular weight excluding hydrogens is 418 g/mol. The molecule has 2 aromatic carbocycles. The molecule has 1 amide bonds. The summed E-state index contributed by atoms with van der Waals surface area (Å²) in [6.45, 7) is 2.54. The molecule has 0 saturated carbocycles. The third kappa shape index (κ3) is 3.78. The summed E-state index contributed by atoms with van der Waals surface area (Å²) >= 11 is 1.62. The van der Waals surface area contributed by atoms with Crippen molar-refractivity contribution in [2.24, 2.45) is 0 Å². The summed E-state index contributed by atoms with van der Waals surface area (Å²) in [4.78, 5) is 29.9. The van der Waals surface area contributed by atoms with Crippen LogP contribution in [0.15, 0.2) is 83.4 Å². The van der Waals surface area contributed by atoms with Crippen molar-refractivity contribution in [1.82, 2.24) is 0 Å². The maximum absolute atomic E-state index is 13.5. The monoisotopic (exact) mass is 443 g/mol. The topological polar surface area (TPSA) is 46.6 Å². The average molecular weight is 444 g/mol. The number of carbonyl (C=O) groups is 2. The number of rotatable bonds is 5. The fourth-order valence-corrected chi connectivity index (χ4v) is 5.72. The van der Waals surface area contributed by atoms with E-state index in [0.717, 1.165) is 33.1 Å². The van der Waals surface area contributed by atoms with Crippen molar-refractivity contribution in [2.75, 3.05) is 11.5 Å². The van der Waals surface area contributed by atoms with E-state index >= 15 is 0 Å². The molecular formula is C27H25NO3S. The lowest BCUT2D eigenvalue weighted by Crippen LogP contribution is -2.41. The van der Waals surface area contributed by atoms with E-state index < -0.39 is 0 Å². The quantitative estimate of drug-likeness (QED) is 0.481. The van der Waals surface area contributed by atoms with Crippen molar-refractivity contribution in [3.05, 3.63) is 93.8 Å². The van der Waals surface area contributed by atoms with Crippen molar-refractivity contribution in [1.29, 1.82) is 0 Å². The van der Waals surface area contributed by atoms with Gasteiger partial charge in [0, 0.05) is 40.6 Å². The zero-order chi connectivity index (χ0) is 22.1. The lowest BCUT2D eigenvalue weighted by molar-refractivity contribution is -0.120. The Labute approximate surface area is 192 Å². The first kappa shape index (κ1) is 20.7. The second-order valence-electron chi connectivity index (χ2n) is 8.23. The minimum Gasteiger partial charge on any atom is -0.494 e. The highest BCUT2D eigenvalue weighted by atomic mass is 32.1. The molecule has 1 aromatic heterocycles. The Morgan fingerprint density at radius 2 is 1.72 bits per heavy atom. The van der Waals surface area contributed by atoms with Gasteiger partial charge in [0.05, 0.1) is 6.61 Å². The summed E-state index contributed by atoms with van der Waals surface area (Å²) in [6.07, 6.45) is 1.47. The molecule has 0 N–H and O–H groups in total. The Kier molecular flexibility index (Phi) is 5.66. The van der Waals surface area contributed by atoms with Crippen LogP contribution in [0, 0.1) is 0 Å². The summed E-state index contributed by atoms with van der Waals surface area (Å²) in [6, 6.07) is 21.8. The molecule has 32 heavy (non-hydrogen) atoms. The molecule has 5 heteroatoms. The number of hydrogen-bond donors (Lipinski definition) is 0. The van der Waals surface area contributed by atoms with Crippen molar-refractivity contribution in [3.8, 4) is 5.75 Å². The largest absolute Gasteiger partial charge is 0.494 e. The first-order chi connectivity index (χ1) is 15.7. The SMILES string of the molecule is CCOc1ccc(N2C(=O)CC(c3cccs3)C3=C2CC(c2ccccc2)CC3=O)cc1. The van der Waals surface area contributed by atoms with Gasteiger partial charge in [0.2, 0.25) is 5.91 Å². The van der Waals surface area contributed by atoms with Gasteiger partial charge in [-0.25, -0.2) is 0 Å². The second kappa shape index (κ2) is 8.75. The van der Waals surface area contributed by atoms with Crippen LogP contribution in [0.5, 0.6) is 5.75 Å². The van der Waals surface area contributed by atoms with E-state index in [1.54, 1.807) is 16.2 Å².